The Hall–Kier alpha value is -0.740. The summed E-state index contributed by atoms with van der Waals surface area (Å²) in [6.45, 7) is 4.26. The fraction of sp³-hybridized carbons (Fsp3) is 0.533. The van der Waals surface area contributed by atoms with Crippen LogP contribution in [0.2, 0.25) is 0 Å². The molecule has 1 atom stereocenters. The first kappa shape index (κ1) is 14.7. The SMILES string of the molecule is CCCCC(CC)CC(=O)c1sc2cscc2c1F. The Morgan fingerprint density at radius 1 is 1.37 bits per heavy atom. The molecule has 1 unspecified atom stereocenters. The van der Waals surface area contributed by atoms with Gasteiger partial charge in [-0.15, -0.1) is 11.3 Å². The lowest BCUT2D eigenvalue weighted by atomic mass is 9.93. The van der Waals surface area contributed by atoms with E-state index in [1.807, 2.05) is 5.38 Å². The second kappa shape index (κ2) is 6.62. The Kier molecular flexibility index (Phi) is 5.11. The van der Waals surface area contributed by atoms with E-state index in [1.165, 1.54) is 22.7 Å². The van der Waals surface area contributed by atoms with Crippen LogP contribution in [-0.2, 0) is 0 Å². The molecule has 1 nitrogen and oxygen atoms in total. The summed E-state index contributed by atoms with van der Waals surface area (Å²) in [6.07, 6.45) is 4.84. The van der Waals surface area contributed by atoms with E-state index in [0.29, 0.717) is 22.6 Å². The van der Waals surface area contributed by atoms with Crippen LogP contribution in [0.5, 0.6) is 0 Å². The van der Waals surface area contributed by atoms with Crippen molar-refractivity contribution in [1.29, 1.82) is 0 Å². The highest BCUT2D eigenvalue weighted by atomic mass is 32.1. The molecule has 0 aliphatic carbocycles. The number of hydrogen-bond donors (Lipinski definition) is 0. The maximum atomic E-state index is 14.1. The molecule has 0 radical (unpaired) electrons. The summed E-state index contributed by atoms with van der Waals surface area (Å²) in [6, 6.07) is 0. The molecule has 0 saturated heterocycles. The third-order valence-corrected chi connectivity index (χ3v) is 5.61. The predicted molar refractivity (Wildman–Crippen MR) is 81.9 cm³/mol. The molecule has 4 heteroatoms. The van der Waals surface area contributed by atoms with Gasteiger partial charge < -0.3 is 0 Å². The normalized spacial score (nSPS) is 13.0. The van der Waals surface area contributed by atoms with E-state index < -0.39 is 0 Å². The molecular formula is C15H19FOS2. The van der Waals surface area contributed by atoms with Crippen LogP contribution in [0.15, 0.2) is 10.8 Å². The molecule has 0 bridgehead atoms. The number of fused-ring (bicyclic) bond motifs is 1. The van der Waals surface area contributed by atoms with E-state index in [4.69, 9.17) is 0 Å². The average Bonchev–Trinajstić information content (AvgIpc) is 2.98. The van der Waals surface area contributed by atoms with Crippen molar-refractivity contribution in [1.82, 2.24) is 0 Å². The monoisotopic (exact) mass is 298 g/mol. The molecule has 104 valence electrons. The lowest BCUT2D eigenvalue weighted by Crippen LogP contribution is -2.08. The summed E-state index contributed by atoms with van der Waals surface area (Å²) in [7, 11) is 0. The van der Waals surface area contributed by atoms with Crippen molar-refractivity contribution in [3.63, 3.8) is 0 Å². The Morgan fingerprint density at radius 2 is 2.16 bits per heavy atom. The summed E-state index contributed by atoms with van der Waals surface area (Å²) in [5.41, 5.74) is 0. The molecule has 0 aliphatic rings. The van der Waals surface area contributed by atoms with Gasteiger partial charge in [-0.2, -0.15) is 11.3 Å². The minimum absolute atomic E-state index is 0.0216. The number of ketones is 1. The van der Waals surface area contributed by atoms with Crippen molar-refractivity contribution >= 4 is 38.5 Å². The van der Waals surface area contributed by atoms with Crippen molar-refractivity contribution in [2.75, 3.05) is 0 Å². The molecule has 0 amide bonds. The maximum Gasteiger partial charge on any atom is 0.176 e. The Labute approximate surface area is 121 Å². The highest BCUT2D eigenvalue weighted by Crippen LogP contribution is 2.34. The zero-order chi connectivity index (χ0) is 13.8. The second-order valence-electron chi connectivity index (χ2n) is 4.94. The van der Waals surface area contributed by atoms with Crippen LogP contribution in [0.4, 0.5) is 4.39 Å². The largest absolute Gasteiger partial charge is 0.293 e. The number of carbonyl (C=O) groups excluding carboxylic acids is 1. The van der Waals surface area contributed by atoms with Crippen LogP contribution in [0, 0.1) is 11.7 Å². The van der Waals surface area contributed by atoms with Gasteiger partial charge in [0, 0.05) is 27.3 Å². The number of Topliss-reactive ketones (excluding diaryl/α,β-unsaturated/α-hetero) is 1. The van der Waals surface area contributed by atoms with Gasteiger partial charge in [0.05, 0.1) is 0 Å². The Bertz CT molecular complexity index is 555. The molecule has 19 heavy (non-hydrogen) atoms. The molecule has 0 aliphatic heterocycles. The van der Waals surface area contributed by atoms with E-state index in [9.17, 15) is 9.18 Å². The standard InChI is InChI=1S/C15H19FOS2/c1-3-5-6-10(4-2)7-12(17)15-14(16)11-8-18-9-13(11)19-15/h8-10H,3-7H2,1-2H3. The van der Waals surface area contributed by atoms with E-state index in [-0.39, 0.29) is 11.6 Å². The minimum atomic E-state index is -0.309. The third kappa shape index (κ3) is 3.23. The zero-order valence-electron chi connectivity index (χ0n) is 11.4. The van der Waals surface area contributed by atoms with E-state index in [0.717, 1.165) is 30.4 Å². The topological polar surface area (TPSA) is 17.1 Å². The van der Waals surface area contributed by atoms with Gasteiger partial charge in [-0.05, 0) is 5.92 Å². The van der Waals surface area contributed by atoms with Crippen molar-refractivity contribution in [3.8, 4) is 0 Å². The quantitative estimate of drug-likeness (QED) is 0.582. The van der Waals surface area contributed by atoms with Gasteiger partial charge in [0.15, 0.2) is 11.6 Å². The molecule has 0 N–H and O–H groups in total. The highest BCUT2D eigenvalue weighted by Gasteiger charge is 2.21. The molecular weight excluding hydrogens is 279 g/mol. The maximum absolute atomic E-state index is 14.1. The van der Waals surface area contributed by atoms with Gasteiger partial charge in [0.2, 0.25) is 0 Å². The summed E-state index contributed by atoms with van der Waals surface area (Å²) in [4.78, 5) is 12.6. The average molecular weight is 298 g/mol. The highest BCUT2D eigenvalue weighted by molar-refractivity contribution is 7.24. The summed E-state index contributed by atoms with van der Waals surface area (Å²) < 4.78 is 15.0. The molecule has 0 aromatic carbocycles. The number of rotatable bonds is 7. The molecule has 2 heterocycles. The Balaban J connectivity index is 2.10. The smallest absolute Gasteiger partial charge is 0.176 e. The van der Waals surface area contributed by atoms with E-state index in [1.54, 1.807) is 5.38 Å². The van der Waals surface area contributed by atoms with Gasteiger partial charge in [-0.3, -0.25) is 4.79 Å². The van der Waals surface area contributed by atoms with Crippen LogP contribution in [0.3, 0.4) is 0 Å². The fourth-order valence-corrected chi connectivity index (χ4v) is 4.27. The first-order valence-electron chi connectivity index (χ1n) is 6.84. The predicted octanol–water partition coefficient (Wildman–Crippen LogP) is 5.89. The molecule has 0 spiro atoms. The minimum Gasteiger partial charge on any atom is -0.293 e. The first-order chi connectivity index (χ1) is 9.17. The second-order valence-corrected chi connectivity index (χ2v) is 6.73. The molecule has 0 saturated carbocycles. The molecule has 2 aromatic rings. The number of unbranched alkanes of at least 4 members (excludes halogenated alkanes) is 1. The lowest BCUT2D eigenvalue weighted by molar-refractivity contribution is 0.0957. The van der Waals surface area contributed by atoms with Gasteiger partial charge in [0.1, 0.15) is 4.88 Å². The lowest BCUT2D eigenvalue weighted by Gasteiger charge is -2.12. The van der Waals surface area contributed by atoms with Crippen LogP contribution in [-0.4, -0.2) is 5.78 Å². The van der Waals surface area contributed by atoms with Gasteiger partial charge in [-0.1, -0.05) is 39.5 Å². The van der Waals surface area contributed by atoms with Crippen LogP contribution in [0.25, 0.3) is 10.1 Å². The van der Waals surface area contributed by atoms with Crippen LogP contribution < -0.4 is 0 Å². The van der Waals surface area contributed by atoms with Crippen molar-refractivity contribution in [2.45, 2.75) is 46.0 Å². The number of thiophene rings is 2. The van der Waals surface area contributed by atoms with Gasteiger partial charge in [-0.25, -0.2) is 4.39 Å². The molecule has 0 fully saturated rings. The third-order valence-electron chi connectivity index (χ3n) is 3.54. The fourth-order valence-electron chi connectivity index (χ4n) is 2.28. The molecule has 2 aromatic heterocycles. The zero-order valence-corrected chi connectivity index (χ0v) is 13.0. The summed E-state index contributed by atoms with van der Waals surface area (Å²) in [5.74, 6) is 0.0642. The number of carbonyl (C=O) groups is 1. The van der Waals surface area contributed by atoms with Gasteiger partial charge in [0.25, 0.3) is 0 Å². The van der Waals surface area contributed by atoms with E-state index in [2.05, 4.69) is 13.8 Å². The van der Waals surface area contributed by atoms with Crippen molar-refractivity contribution < 1.29 is 9.18 Å². The van der Waals surface area contributed by atoms with Gasteiger partial charge >= 0.3 is 0 Å². The number of halogens is 1. The van der Waals surface area contributed by atoms with Crippen LogP contribution >= 0.6 is 22.7 Å². The van der Waals surface area contributed by atoms with E-state index >= 15 is 0 Å². The number of hydrogen-bond acceptors (Lipinski definition) is 3. The van der Waals surface area contributed by atoms with Crippen molar-refractivity contribution in [3.05, 3.63) is 21.5 Å². The molecule has 2 rings (SSSR count). The Morgan fingerprint density at radius 3 is 2.79 bits per heavy atom. The van der Waals surface area contributed by atoms with Crippen molar-refractivity contribution in [2.24, 2.45) is 5.92 Å². The summed E-state index contributed by atoms with van der Waals surface area (Å²) >= 11 is 2.78. The van der Waals surface area contributed by atoms with Crippen LogP contribution in [0.1, 0.15) is 55.6 Å². The first-order valence-corrected chi connectivity index (χ1v) is 8.60. The summed E-state index contributed by atoms with van der Waals surface area (Å²) in [5, 5.41) is 4.31.